The highest BCUT2D eigenvalue weighted by Gasteiger charge is 2.43. The van der Waals surface area contributed by atoms with Crippen molar-refractivity contribution >= 4 is 23.6 Å². The van der Waals surface area contributed by atoms with Gasteiger partial charge in [0.1, 0.15) is 6.04 Å². The summed E-state index contributed by atoms with van der Waals surface area (Å²) in [5.74, 6) is -0.860. The number of rotatable bonds is 18. The third-order valence-corrected chi connectivity index (χ3v) is 11.4. The van der Waals surface area contributed by atoms with E-state index in [2.05, 4.69) is 41.9 Å². The molecule has 0 aromatic heterocycles. The van der Waals surface area contributed by atoms with Crippen LogP contribution >= 0.6 is 0 Å². The maximum Gasteiger partial charge on any atom is 0.245 e. The van der Waals surface area contributed by atoms with Crippen LogP contribution in [0.1, 0.15) is 92.9 Å². The number of likely N-dealkylation sites (N-methyl/N-ethyl adjacent to an activating group) is 1. The number of nitrogens with one attached hydrogen (secondary N) is 3. The molecule has 2 fully saturated rings. The van der Waals surface area contributed by atoms with Crippen LogP contribution in [0.5, 0.6) is 0 Å². The molecule has 0 aromatic rings. The van der Waals surface area contributed by atoms with Crippen LogP contribution in [0, 0.1) is 23.7 Å². The zero-order valence-corrected chi connectivity index (χ0v) is 32.8. The lowest BCUT2D eigenvalue weighted by atomic mass is 9.88. The molecule has 3 N–H and O–H groups in total. The molecule has 0 spiro atoms. The number of piperidine rings is 1. The fourth-order valence-electron chi connectivity index (χ4n) is 7.91. The van der Waals surface area contributed by atoms with E-state index in [1.54, 1.807) is 26.2 Å². The predicted octanol–water partition coefficient (Wildman–Crippen LogP) is 4.38. The average Bonchev–Trinajstić information content (AvgIpc) is 3.45. The number of hydrogen-bond acceptors (Lipinski definition) is 7. The van der Waals surface area contributed by atoms with Crippen LogP contribution in [0.3, 0.4) is 0 Å². The SMILES string of the molecule is CCC(C)C(C(CC(=O)N1CCCC1C(OC)C(C)C(=O)NCCC1C=CC=CC=C1)OC)N(C)C(=O)C(NC(=O)C1(C)CCCCN1)C(C)C. The van der Waals surface area contributed by atoms with E-state index in [0.717, 1.165) is 51.5 Å². The van der Waals surface area contributed by atoms with E-state index in [9.17, 15) is 19.2 Å². The highest BCUT2D eigenvalue weighted by atomic mass is 16.5. The van der Waals surface area contributed by atoms with Crippen LogP contribution in [-0.4, -0.2) is 110 Å². The van der Waals surface area contributed by atoms with Crippen molar-refractivity contribution < 1.29 is 28.7 Å². The maximum atomic E-state index is 14.2. The van der Waals surface area contributed by atoms with Crippen molar-refractivity contribution in [3.05, 3.63) is 36.5 Å². The monoisotopic (exact) mass is 714 g/mol. The summed E-state index contributed by atoms with van der Waals surface area (Å²) in [6.07, 6.45) is 17.1. The van der Waals surface area contributed by atoms with Gasteiger partial charge >= 0.3 is 0 Å². The Morgan fingerprint density at radius 1 is 1.00 bits per heavy atom. The number of likely N-dealkylation sites (tertiary alicyclic amines) is 1. The van der Waals surface area contributed by atoms with Crippen molar-refractivity contribution in [2.45, 2.75) is 129 Å². The van der Waals surface area contributed by atoms with E-state index in [1.165, 1.54) is 0 Å². The fraction of sp³-hybridized carbons (Fsp3) is 0.750. The summed E-state index contributed by atoms with van der Waals surface area (Å²) in [7, 11) is 4.96. The summed E-state index contributed by atoms with van der Waals surface area (Å²) < 4.78 is 12.0. The molecular weight excluding hydrogens is 646 g/mol. The number of amides is 4. The minimum atomic E-state index is -0.724. The van der Waals surface area contributed by atoms with Crippen molar-refractivity contribution in [1.82, 2.24) is 25.8 Å². The third-order valence-electron chi connectivity index (χ3n) is 11.4. The van der Waals surface area contributed by atoms with Gasteiger partial charge in [0.15, 0.2) is 0 Å². The zero-order valence-electron chi connectivity index (χ0n) is 32.8. The number of allylic oxidation sites excluding steroid dienone is 6. The van der Waals surface area contributed by atoms with Crippen molar-refractivity contribution in [3.8, 4) is 0 Å². The lowest BCUT2D eigenvalue weighted by molar-refractivity contribution is -0.148. The first-order valence-corrected chi connectivity index (χ1v) is 19.3. The molecule has 3 aliphatic rings. The van der Waals surface area contributed by atoms with E-state index in [4.69, 9.17) is 9.47 Å². The van der Waals surface area contributed by atoms with Gasteiger partial charge in [-0.25, -0.2) is 0 Å². The number of ether oxygens (including phenoxy) is 2. The van der Waals surface area contributed by atoms with Gasteiger partial charge in [0, 0.05) is 34.4 Å². The molecule has 2 aliphatic heterocycles. The lowest BCUT2D eigenvalue weighted by Crippen LogP contribution is -2.63. The topological polar surface area (TPSA) is 129 Å². The first kappa shape index (κ1) is 42.4. The highest BCUT2D eigenvalue weighted by molar-refractivity contribution is 5.92. The van der Waals surface area contributed by atoms with Gasteiger partial charge < -0.3 is 35.2 Å². The van der Waals surface area contributed by atoms with E-state index in [-0.39, 0.29) is 53.8 Å². The molecule has 11 heteroatoms. The Morgan fingerprint density at radius 2 is 1.69 bits per heavy atom. The zero-order chi connectivity index (χ0) is 37.7. The molecule has 11 nitrogen and oxygen atoms in total. The molecule has 0 aromatic carbocycles. The van der Waals surface area contributed by atoms with E-state index in [1.807, 2.05) is 56.9 Å². The largest absolute Gasteiger partial charge is 0.379 e. The predicted molar refractivity (Wildman–Crippen MR) is 202 cm³/mol. The first-order chi connectivity index (χ1) is 24.3. The van der Waals surface area contributed by atoms with Crippen molar-refractivity contribution in [2.24, 2.45) is 23.7 Å². The quantitative estimate of drug-likeness (QED) is 0.192. The Kier molecular flexibility index (Phi) is 16.9. The maximum absolute atomic E-state index is 14.2. The van der Waals surface area contributed by atoms with Gasteiger partial charge in [-0.2, -0.15) is 0 Å². The molecule has 2 heterocycles. The van der Waals surface area contributed by atoms with Gasteiger partial charge in [0.2, 0.25) is 23.6 Å². The molecule has 8 unspecified atom stereocenters. The summed E-state index contributed by atoms with van der Waals surface area (Å²) in [6, 6.07) is -1.38. The summed E-state index contributed by atoms with van der Waals surface area (Å²) in [6.45, 7) is 13.7. The second-order valence-electron chi connectivity index (χ2n) is 15.4. The highest BCUT2D eigenvalue weighted by Crippen LogP contribution is 2.30. The Hall–Kier alpha value is -3.02. The van der Waals surface area contributed by atoms with Crippen molar-refractivity contribution in [2.75, 3.05) is 40.9 Å². The minimum absolute atomic E-state index is 0.0165. The van der Waals surface area contributed by atoms with E-state index < -0.39 is 35.7 Å². The third kappa shape index (κ3) is 11.2. The fourth-order valence-corrected chi connectivity index (χ4v) is 7.91. The second kappa shape index (κ2) is 20.3. The van der Waals surface area contributed by atoms with Crippen LogP contribution in [0.25, 0.3) is 0 Å². The van der Waals surface area contributed by atoms with Crippen molar-refractivity contribution in [1.29, 1.82) is 0 Å². The van der Waals surface area contributed by atoms with Gasteiger partial charge in [-0.3, -0.25) is 19.2 Å². The molecule has 3 rings (SSSR count). The number of carbonyl (C=O) groups is 4. The summed E-state index contributed by atoms with van der Waals surface area (Å²) in [5, 5.41) is 9.50. The van der Waals surface area contributed by atoms with E-state index >= 15 is 0 Å². The Bertz CT molecular complexity index is 1230. The van der Waals surface area contributed by atoms with Crippen LogP contribution < -0.4 is 16.0 Å². The van der Waals surface area contributed by atoms with E-state index in [0.29, 0.717) is 13.1 Å². The molecule has 0 saturated carbocycles. The van der Waals surface area contributed by atoms with Gasteiger partial charge in [0.25, 0.3) is 0 Å². The Balaban J connectivity index is 1.70. The number of nitrogens with zero attached hydrogens (tertiary/aromatic N) is 2. The van der Waals surface area contributed by atoms with Crippen LogP contribution in [0.4, 0.5) is 0 Å². The van der Waals surface area contributed by atoms with Gasteiger partial charge in [-0.15, -0.1) is 0 Å². The van der Waals surface area contributed by atoms with Gasteiger partial charge in [-0.1, -0.05) is 77.5 Å². The first-order valence-electron chi connectivity index (χ1n) is 19.3. The molecule has 8 atom stereocenters. The van der Waals surface area contributed by atoms with Crippen LogP contribution in [-0.2, 0) is 28.7 Å². The Labute approximate surface area is 307 Å². The molecule has 0 bridgehead atoms. The lowest BCUT2D eigenvalue weighted by Gasteiger charge is -2.41. The molecule has 2 saturated heterocycles. The van der Waals surface area contributed by atoms with Crippen molar-refractivity contribution in [3.63, 3.8) is 0 Å². The summed E-state index contributed by atoms with van der Waals surface area (Å²) >= 11 is 0. The summed E-state index contributed by atoms with van der Waals surface area (Å²) in [4.78, 5) is 58.6. The number of methoxy groups -OCH3 is 2. The standard InChI is InChI=1S/C40H67N5O6/c1-10-28(4)35(44(7)38(48)34(27(2)3)43-39(49)40(6)22-15-16-23-42-40)32(50-8)26-33(46)45-25-17-20-31(45)36(51-9)29(5)37(47)41-24-21-30-18-13-11-12-14-19-30/h11-14,18-19,27-32,34-36,42H,10,15-17,20-26H2,1-9H3,(H,41,47)(H,43,49). The molecule has 4 amide bonds. The average molecular weight is 714 g/mol. The normalized spacial score (nSPS) is 24.4. The molecular formula is C40H67N5O6. The Morgan fingerprint density at radius 3 is 2.25 bits per heavy atom. The van der Waals surface area contributed by atoms with Crippen LogP contribution in [0.15, 0.2) is 36.5 Å². The smallest absolute Gasteiger partial charge is 0.245 e. The number of hydrogen-bond donors (Lipinski definition) is 3. The van der Waals surface area contributed by atoms with Crippen LogP contribution in [0.2, 0.25) is 0 Å². The second-order valence-corrected chi connectivity index (χ2v) is 15.4. The molecule has 51 heavy (non-hydrogen) atoms. The summed E-state index contributed by atoms with van der Waals surface area (Å²) in [5.41, 5.74) is -0.714. The molecule has 288 valence electrons. The molecule has 0 radical (unpaired) electrons. The van der Waals surface area contributed by atoms with Gasteiger partial charge in [-0.05, 0) is 69.7 Å². The number of carbonyl (C=O) groups excluding carboxylic acids is 4. The van der Waals surface area contributed by atoms with Gasteiger partial charge in [0.05, 0.1) is 42.2 Å². The molecule has 1 aliphatic carbocycles. The minimum Gasteiger partial charge on any atom is -0.379 e.